The molecule has 23 heavy (non-hydrogen) atoms. The van der Waals surface area contributed by atoms with Crippen molar-refractivity contribution in [3.8, 4) is 5.97 Å². The average molecular weight is 326 g/mol. The van der Waals surface area contributed by atoms with Crippen molar-refractivity contribution in [1.82, 2.24) is 0 Å². The molecule has 1 nitrogen and oxygen atoms in total. The zero-order valence-electron chi connectivity index (χ0n) is 15.3. The molecule has 4 rings (SSSR count). The number of hydrogen-bond donors (Lipinski definition) is 0. The minimum atomic E-state index is -1.43. The fraction of sp³-hybridized carbons (Fsp3) is 0.650. The van der Waals surface area contributed by atoms with Crippen molar-refractivity contribution < 1.29 is 0 Å². The first kappa shape index (κ1) is 17.0. The Kier molecular flexibility index (Phi) is 4.39. The number of nitrogens with zero attached hydrogens (tertiary/aromatic N) is 1. The molecule has 0 heterocycles. The third kappa shape index (κ3) is 2.48. The van der Waals surface area contributed by atoms with Gasteiger partial charge in [0.15, 0.2) is 6.43 Å². The zero-order valence-corrected chi connectivity index (χ0v) is 16.2. The van der Waals surface area contributed by atoms with Crippen LogP contribution in [-0.2, 0) is 0 Å². The highest BCUT2D eigenvalue weighted by molar-refractivity contribution is 8.10. The van der Waals surface area contributed by atoms with E-state index in [9.17, 15) is 5.26 Å². The van der Waals surface area contributed by atoms with Gasteiger partial charge in [0.25, 0.3) is 0 Å². The van der Waals surface area contributed by atoms with Gasteiger partial charge in [-0.2, -0.15) is 0 Å². The summed E-state index contributed by atoms with van der Waals surface area (Å²) in [5.41, 5.74) is 0.504. The van der Waals surface area contributed by atoms with Gasteiger partial charge in [-0.25, -0.2) is 5.26 Å². The number of fused-ring (bicyclic) bond motifs is 2. The first-order valence-electron chi connectivity index (χ1n) is 9.16. The Morgan fingerprint density at radius 3 is 2.39 bits per heavy atom. The smallest absolute Gasteiger partial charge is 0.196 e. The Balaban J connectivity index is 1.93. The minimum Gasteiger partial charge on any atom is -0.248 e. The normalized spacial score (nSPS) is 34.3. The van der Waals surface area contributed by atoms with Crippen molar-refractivity contribution in [2.45, 2.75) is 46.4 Å². The predicted octanol–water partition coefficient (Wildman–Crippen LogP) is 5.11. The fourth-order valence-electron chi connectivity index (χ4n) is 5.56. The maximum absolute atomic E-state index is 10.1. The van der Waals surface area contributed by atoms with Crippen molar-refractivity contribution in [2.24, 2.45) is 23.2 Å². The molecule has 0 saturated heterocycles. The maximum atomic E-state index is 10.1. The van der Waals surface area contributed by atoms with E-state index in [1.807, 2.05) is 0 Å². The molecule has 1 aromatic carbocycles. The molecule has 0 aromatic heterocycles. The molecule has 2 bridgehead atoms. The van der Waals surface area contributed by atoms with Crippen LogP contribution in [0.25, 0.3) is 0 Å². The van der Waals surface area contributed by atoms with Gasteiger partial charge in [-0.1, -0.05) is 51.3 Å². The maximum Gasteiger partial charge on any atom is 0.196 e. The standard InChI is InChI=1S/C20H30BNP/c1-6-23(5,17-10-8-7-9-11-17)21(14-22)19-13-16-12-18(15(19)2)20(16,3)4/h7-11,15-16,18-19H,6,12-13H2,1-5H3/t15-,16+,18-,19-,23?/m1/s1. The molecule has 3 saturated carbocycles. The average Bonchev–Trinajstić information content (AvgIpc) is 2.56. The van der Waals surface area contributed by atoms with Gasteiger partial charge in [0, 0.05) is 18.1 Å². The number of benzene rings is 1. The van der Waals surface area contributed by atoms with E-state index in [4.69, 9.17) is 0 Å². The van der Waals surface area contributed by atoms with Gasteiger partial charge in [0.1, 0.15) is 0 Å². The third-order valence-corrected chi connectivity index (χ3v) is 12.1. The van der Waals surface area contributed by atoms with E-state index in [2.05, 4.69) is 70.7 Å². The lowest BCUT2D eigenvalue weighted by molar-refractivity contribution is -0.0985. The van der Waals surface area contributed by atoms with Crippen LogP contribution in [-0.4, -0.2) is 19.3 Å². The third-order valence-electron chi connectivity index (χ3n) is 7.57. The van der Waals surface area contributed by atoms with E-state index in [0.717, 1.165) is 18.0 Å². The predicted molar refractivity (Wildman–Crippen MR) is 104 cm³/mol. The summed E-state index contributed by atoms with van der Waals surface area (Å²) in [6.07, 6.45) is 4.03. The molecular weight excluding hydrogens is 296 g/mol. The summed E-state index contributed by atoms with van der Waals surface area (Å²) < 4.78 is 0. The summed E-state index contributed by atoms with van der Waals surface area (Å²) in [4.78, 5) is 0. The van der Waals surface area contributed by atoms with Crippen LogP contribution in [0, 0.1) is 34.4 Å². The van der Waals surface area contributed by atoms with Gasteiger partial charge < -0.3 is 0 Å². The first-order chi connectivity index (χ1) is 10.9. The summed E-state index contributed by atoms with van der Waals surface area (Å²) >= 11 is 0. The Morgan fingerprint density at radius 1 is 1.26 bits per heavy atom. The monoisotopic (exact) mass is 326 g/mol. The van der Waals surface area contributed by atoms with Gasteiger partial charge in [0.2, 0.25) is 0 Å². The topological polar surface area (TPSA) is 23.8 Å². The molecule has 3 aliphatic rings. The van der Waals surface area contributed by atoms with Gasteiger partial charge in [-0.05, 0) is 42.7 Å². The summed E-state index contributed by atoms with van der Waals surface area (Å²) in [5, 5.41) is 11.6. The molecule has 123 valence electrons. The van der Waals surface area contributed by atoms with Gasteiger partial charge >= 0.3 is 0 Å². The second-order valence-corrected chi connectivity index (χ2v) is 12.9. The molecule has 3 fully saturated rings. The van der Waals surface area contributed by atoms with E-state index in [-0.39, 0.29) is 6.43 Å². The quantitative estimate of drug-likeness (QED) is 0.557. The molecule has 0 aliphatic heterocycles. The largest absolute Gasteiger partial charge is 0.248 e. The number of rotatable bonds is 4. The Labute approximate surface area is 143 Å². The number of nitriles is 1. The molecule has 3 heteroatoms. The highest BCUT2D eigenvalue weighted by Crippen LogP contribution is 2.69. The van der Waals surface area contributed by atoms with Crippen LogP contribution in [0.5, 0.6) is 0 Å². The Bertz CT molecular complexity index is 608. The second-order valence-electron chi connectivity index (χ2n) is 8.61. The zero-order chi connectivity index (χ0) is 16.8. The molecule has 3 aliphatic carbocycles. The summed E-state index contributed by atoms with van der Waals surface area (Å²) in [6, 6.07) is 10.9. The van der Waals surface area contributed by atoms with Crippen molar-refractivity contribution in [1.29, 1.82) is 5.26 Å². The van der Waals surface area contributed by atoms with Gasteiger partial charge in [0.05, 0.1) is 0 Å². The molecule has 1 radical (unpaired) electrons. The molecule has 1 unspecified atom stereocenters. The van der Waals surface area contributed by atoms with Crippen LogP contribution in [0.4, 0.5) is 0 Å². The SMILES string of the molecule is CC[P+](C)([B-](C#N)[C@@H]1C[C@@H]2C[C@H]([C@H]1C)C2(C)C)c1ccccc1. The van der Waals surface area contributed by atoms with E-state index in [1.54, 1.807) is 0 Å². The lowest BCUT2D eigenvalue weighted by Gasteiger charge is -2.65. The van der Waals surface area contributed by atoms with Gasteiger partial charge in [-0.3, -0.25) is 0 Å². The summed E-state index contributed by atoms with van der Waals surface area (Å²) in [6.45, 7) is 12.1. The van der Waals surface area contributed by atoms with E-state index < -0.39 is 7.14 Å². The highest BCUT2D eigenvalue weighted by Gasteiger charge is 2.57. The molecule has 1 aromatic rings. The lowest BCUT2D eigenvalue weighted by atomic mass is 9.37. The lowest BCUT2D eigenvalue weighted by Crippen LogP contribution is -2.56. The Hall–Kier alpha value is -0.795. The molecule has 0 spiro atoms. The van der Waals surface area contributed by atoms with Crippen LogP contribution in [0.2, 0.25) is 5.82 Å². The molecule has 0 amide bonds. The van der Waals surface area contributed by atoms with E-state index in [0.29, 0.717) is 17.2 Å². The van der Waals surface area contributed by atoms with Crippen LogP contribution in [0.3, 0.4) is 0 Å². The van der Waals surface area contributed by atoms with E-state index >= 15 is 0 Å². The van der Waals surface area contributed by atoms with Crippen LogP contribution in [0.1, 0.15) is 40.5 Å². The Morgan fingerprint density at radius 2 is 1.91 bits per heavy atom. The van der Waals surface area contributed by atoms with Crippen molar-refractivity contribution in [3.05, 3.63) is 30.3 Å². The molecule has 5 atom stereocenters. The van der Waals surface area contributed by atoms with Crippen molar-refractivity contribution in [2.75, 3.05) is 12.8 Å². The van der Waals surface area contributed by atoms with Gasteiger partial charge in [-0.15, -0.1) is 18.9 Å². The van der Waals surface area contributed by atoms with Crippen molar-refractivity contribution >= 4 is 18.9 Å². The van der Waals surface area contributed by atoms with E-state index in [1.165, 1.54) is 18.1 Å². The fourth-order valence-corrected chi connectivity index (χ4v) is 8.99. The van der Waals surface area contributed by atoms with Crippen molar-refractivity contribution in [3.63, 3.8) is 0 Å². The highest BCUT2D eigenvalue weighted by atomic mass is 31.2. The number of hydrogen-bond acceptors (Lipinski definition) is 1. The molecular formula is C20H30BNP. The summed E-state index contributed by atoms with van der Waals surface area (Å²) in [7, 11) is -1.43. The minimum absolute atomic E-state index is 0.228. The van der Waals surface area contributed by atoms with Crippen LogP contribution >= 0.6 is 7.14 Å². The summed E-state index contributed by atoms with van der Waals surface area (Å²) in [5.74, 6) is 5.75. The second kappa shape index (κ2) is 5.93. The first-order valence-corrected chi connectivity index (χ1v) is 11.7. The van der Waals surface area contributed by atoms with Crippen LogP contribution < -0.4 is 5.30 Å². The molecule has 0 N–H and O–H groups in total. The van der Waals surface area contributed by atoms with Crippen LogP contribution in [0.15, 0.2) is 30.3 Å².